The number of hydrogen-bond acceptors (Lipinski definition) is 5. The topological polar surface area (TPSA) is 59.1 Å². The number of thiazole rings is 1. The van der Waals surface area contributed by atoms with Crippen molar-refractivity contribution in [1.82, 2.24) is 4.68 Å². The molecular weight excluding hydrogens is 298 g/mol. The Kier molecular flexibility index (Phi) is 5.38. The summed E-state index contributed by atoms with van der Waals surface area (Å²) in [5.41, 5.74) is 1.89. The molecule has 6 heteroatoms. The number of phenols is 1. The van der Waals surface area contributed by atoms with E-state index in [1.165, 1.54) is 0 Å². The molecule has 0 radical (unpaired) electrons. The van der Waals surface area contributed by atoms with Gasteiger partial charge in [-0.15, -0.1) is 11.3 Å². The molecule has 5 nitrogen and oxygen atoms in total. The zero-order chi connectivity index (χ0) is 16.1. The van der Waals surface area contributed by atoms with Crippen molar-refractivity contribution in [3.05, 3.63) is 39.6 Å². The quantitative estimate of drug-likeness (QED) is 0.861. The van der Waals surface area contributed by atoms with Crippen LogP contribution in [0.25, 0.3) is 0 Å². The Hall–Kier alpha value is -2.08. The van der Waals surface area contributed by atoms with Crippen LogP contribution < -0.4 is 9.54 Å². The largest absolute Gasteiger partial charge is 0.504 e. The van der Waals surface area contributed by atoms with Crippen molar-refractivity contribution in [3.63, 3.8) is 0 Å². The second-order valence-corrected chi connectivity index (χ2v) is 5.94. The van der Waals surface area contributed by atoms with E-state index >= 15 is 0 Å². The Morgan fingerprint density at radius 2 is 2.18 bits per heavy atom. The Morgan fingerprint density at radius 3 is 2.86 bits per heavy atom. The molecule has 2 rings (SSSR count). The van der Waals surface area contributed by atoms with E-state index in [2.05, 4.69) is 10.1 Å². The fraction of sp³-hybridized carbons (Fsp3) is 0.375. The third-order valence-electron chi connectivity index (χ3n) is 2.82. The van der Waals surface area contributed by atoms with Crippen LogP contribution in [0.5, 0.6) is 11.5 Å². The first-order chi connectivity index (χ1) is 10.5. The van der Waals surface area contributed by atoms with Crippen LogP contribution in [-0.2, 0) is 0 Å². The molecule has 0 aliphatic heterocycles. The molecule has 0 amide bonds. The van der Waals surface area contributed by atoms with Crippen LogP contribution in [-0.4, -0.2) is 28.6 Å². The molecule has 0 fully saturated rings. The smallest absolute Gasteiger partial charge is 0.206 e. The zero-order valence-electron chi connectivity index (χ0n) is 13.3. The standard InChI is InChI=1S/C16H21N3O2S/c1-5-21-15-8-13(6-7-14(15)20)9-17-19-12(4)10-22-16(19)18-11(2)3/h6-11,20H,5H2,1-4H3. The van der Waals surface area contributed by atoms with Gasteiger partial charge in [-0.1, -0.05) is 0 Å². The molecule has 0 saturated carbocycles. The molecule has 0 saturated heterocycles. The minimum Gasteiger partial charge on any atom is -0.504 e. The van der Waals surface area contributed by atoms with Crippen molar-refractivity contribution in [2.75, 3.05) is 6.61 Å². The summed E-state index contributed by atoms with van der Waals surface area (Å²) in [5.74, 6) is 0.597. The molecule has 118 valence electrons. The molecule has 0 bridgehead atoms. The SMILES string of the molecule is CCOc1cc(C=Nn2c(C)csc2=NC(C)C)ccc1O. The predicted molar refractivity (Wildman–Crippen MR) is 90.0 cm³/mol. The van der Waals surface area contributed by atoms with Crippen LogP contribution >= 0.6 is 11.3 Å². The zero-order valence-corrected chi connectivity index (χ0v) is 14.1. The maximum Gasteiger partial charge on any atom is 0.206 e. The van der Waals surface area contributed by atoms with Crippen LogP contribution in [0.3, 0.4) is 0 Å². The number of hydrogen-bond donors (Lipinski definition) is 1. The fourth-order valence-corrected chi connectivity index (χ4v) is 2.78. The molecule has 22 heavy (non-hydrogen) atoms. The second-order valence-electron chi connectivity index (χ2n) is 5.10. The Labute approximate surface area is 134 Å². The number of phenolic OH excluding ortho intramolecular Hbond substituents is 1. The van der Waals surface area contributed by atoms with Gasteiger partial charge in [0.25, 0.3) is 0 Å². The number of aromatic nitrogens is 1. The molecular formula is C16H21N3O2S. The highest BCUT2D eigenvalue weighted by atomic mass is 32.1. The molecule has 1 aromatic heterocycles. The number of nitrogens with zero attached hydrogens (tertiary/aromatic N) is 3. The van der Waals surface area contributed by atoms with E-state index in [-0.39, 0.29) is 11.8 Å². The van der Waals surface area contributed by atoms with Crippen molar-refractivity contribution >= 4 is 17.6 Å². The van der Waals surface area contributed by atoms with Gasteiger partial charge >= 0.3 is 0 Å². The summed E-state index contributed by atoms with van der Waals surface area (Å²) in [7, 11) is 0. The van der Waals surface area contributed by atoms with Gasteiger partial charge in [-0.05, 0) is 51.5 Å². The Bertz CT molecular complexity index is 729. The summed E-state index contributed by atoms with van der Waals surface area (Å²) >= 11 is 1.57. The van der Waals surface area contributed by atoms with Crippen molar-refractivity contribution in [2.24, 2.45) is 10.1 Å². The van der Waals surface area contributed by atoms with Gasteiger partial charge < -0.3 is 9.84 Å². The molecule has 0 atom stereocenters. The Morgan fingerprint density at radius 1 is 1.41 bits per heavy atom. The molecule has 0 aliphatic carbocycles. The molecule has 0 unspecified atom stereocenters. The number of benzene rings is 1. The summed E-state index contributed by atoms with van der Waals surface area (Å²) < 4.78 is 7.20. The number of ether oxygens (including phenoxy) is 1. The second kappa shape index (κ2) is 7.26. The average molecular weight is 319 g/mol. The van der Waals surface area contributed by atoms with E-state index in [1.54, 1.807) is 35.8 Å². The van der Waals surface area contributed by atoms with Crippen molar-refractivity contribution in [2.45, 2.75) is 33.7 Å². The summed E-state index contributed by atoms with van der Waals surface area (Å²) in [6.07, 6.45) is 1.74. The monoisotopic (exact) mass is 319 g/mol. The highest BCUT2D eigenvalue weighted by Gasteiger charge is 2.03. The normalized spacial score (nSPS) is 12.5. The van der Waals surface area contributed by atoms with Crippen molar-refractivity contribution in [3.8, 4) is 11.5 Å². The van der Waals surface area contributed by atoms with Crippen molar-refractivity contribution in [1.29, 1.82) is 0 Å². The average Bonchev–Trinajstić information content (AvgIpc) is 2.80. The lowest BCUT2D eigenvalue weighted by Gasteiger charge is -2.06. The van der Waals surface area contributed by atoms with E-state index < -0.39 is 0 Å². The van der Waals surface area contributed by atoms with E-state index in [1.807, 2.05) is 37.8 Å². The highest BCUT2D eigenvalue weighted by molar-refractivity contribution is 7.07. The van der Waals surface area contributed by atoms with Gasteiger partial charge in [-0.25, -0.2) is 4.68 Å². The van der Waals surface area contributed by atoms with E-state index in [4.69, 9.17) is 4.74 Å². The number of aromatic hydroxyl groups is 1. The fourth-order valence-electron chi connectivity index (χ4n) is 1.84. The van der Waals surface area contributed by atoms with Crippen molar-refractivity contribution < 1.29 is 9.84 Å². The first kappa shape index (κ1) is 16.3. The molecule has 1 N–H and O–H groups in total. The molecule has 1 heterocycles. The summed E-state index contributed by atoms with van der Waals surface area (Å²) in [5, 5.41) is 16.2. The van der Waals surface area contributed by atoms with E-state index in [0.717, 1.165) is 16.1 Å². The lowest BCUT2D eigenvalue weighted by Crippen LogP contribution is -2.14. The third-order valence-corrected chi connectivity index (χ3v) is 3.77. The Balaban J connectivity index is 2.33. The van der Waals surface area contributed by atoms with Crippen LogP contribution in [0.1, 0.15) is 32.0 Å². The summed E-state index contributed by atoms with van der Waals surface area (Å²) in [6.45, 7) is 8.46. The number of aryl methyl sites for hydroxylation is 1. The minimum atomic E-state index is 0.133. The summed E-state index contributed by atoms with van der Waals surface area (Å²) in [4.78, 5) is 5.42. The van der Waals surface area contributed by atoms with Crippen LogP contribution in [0.2, 0.25) is 0 Å². The van der Waals surface area contributed by atoms with Gasteiger partial charge in [-0.2, -0.15) is 5.10 Å². The lowest BCUT2D eigenvalue weighted by molar-refractivity contribution is 0.318. The van der Waals surface area contributed by atoms with Gasteiger partial charge in [-0.3, -0.25) is 4.99 Å². The van der Waals surface area contributed by atoms with Gasteiger partial charge in [0.15, 0.2) is 11.5 Å². The van der Waals surface area contributed by atoms with Gasteiger partial charge in [0.2, 0.25) is 4.80 Å². The van der Waals surface area contributed by atoms with Gasteiger partial charge in [0, 0.05) is 11.4 Å². The van der Waals surface area contributed by atoms with Gasteiger partial charge in [0.05, 0.1) is 18.5 Å². The van der Waals surface area contributed by atoms with Gasteiger partial charge in [0.1, 0.15) is 0 Å². The number of rotatable bonds is 5. The predicted octanol–water partition coefficient (Wildman–Crippen LogP) is 3.15. The minimum absolute atomic E-state index is 0.133. The molecule has 1 aromatic carbocycles. The van der Waals surface area contributed by atoms with Crippen LogP contribution in [0.15, 0.2) is 33.7 Å². The first-order valence-corrected chi connectivity index (χ1v) is 8.10. The third kappa shape index (κ3) is 3.98. The molecule has 2 aromatic rings. The highest BCUT2D eigenvalue weighted by Crippen LogP contribution is 2.26. The van der Waals surface area contributed by atoms with E-state index in [0.29, 0.717) is 12.4 Å². The summed E-state index contributed by atoms with van der Waals surface area (Å²) in [6, 6.07) is 5.39. The molecule has 0 aliphatic rings. The van der Waals surface area contributed by atoms with Crippen LogP contribution in [0, 0.1) is 6.92 Å². The lowest BCUT2D eigenvalue weighted by atomic mass is 10.2. The first-order valence-electron chi connectivity index (χ1n) is 7.22. The van der Waals surface area contributed by atoms with E-state index in [9.17, 15) is 5.11 Å². The molecule has 0 spiro atoms. The maximum atomic E-state index is 9.72. The van der Waals surface area contributed by atoms with Crippen LogP contribution in [0.4, 0.5) is 0 Å². The maximum absolute atomic E-state index is 9.72.